The number of carbonyl (C=O) groups excluding carboxylic acids is 1. The van der Waals surface area contributed by atoms with Crippen molar-refractivity contribution in [3.63, 3.8) is 0 Å². The van der Waals surface area contributed by atoms with Crippen LogP contribution in [0, 0.1) is 0 Å². The second kappa shape index (κ2) is 8.17. The highest BCUT2D eigenvalue weighted by Gasteiger charge is 2.27. The van der Waals surface area contributed by atoms with Crippen LogP contribution in [0.1, 0.15) is 35.6 Å². The summed E-state index contributed by atoms with van der Waals surface area (Å²) in [6, 6.07) is 16.9. The number of hydrogen-bond acceptors (Lipinski definition) is 2. The summed E-state index contributed by atoms with van der Waals surface area (Å²) in [6.45, 7) is 1.05. The minimum absolute atomic E-state index is 0.0939. The molecule has 0 aliphatic heterocycles. The van der Waals surface area contributed by atoms with Crippen molar-refractivity contribution in [3.8, 4) is 5.75 Å². The average molecular weight is 339 g/mol. The standard InChI is InChI=1S/C21H26N2O2/c1-23(20-9-5-7-17-6-3-4-8-19(17)20)15-21(24)22-14-16-10-12-18(25-2)13-11-16/h3-4,6,8,10-13,20H,5,7,9,14-15H2,1-2H3,(H,22,24)/p+1/t20-/m1/s1. The van der Waals surface area contributed by atoms with Crippen molar-refractivity contribution in [2.75, 3.05) is 20.7 Å². The van der Waals surface area contributed by atoms with Crippen LogP contribution in [0.15, 0.2) is 48.5 Å². The van der Waals surface area contributed by atoms with Gasteiger partial charge in [0.15, 0.2) is 6.54 Å². The van der Waals surface area contributed by atoms with Gasteiger partial charge in [0.25, 0.3) is 5.91 Å². The molecule has 0 fully saturated rings. The molecule has 2 aromatic carbocycles. The zero-order valence-corrected chi connectivity index (χ0v) is 15.0. The summed E-state index contributed by atoms with van der Waals surface area (Å²) in [6.07, 6.45) is 3.50. The van der Waals surface area contributed by atoms with E-state index in [1.165, 1.54) is 22.4 Å². The first-order chi connectivity index (χ1) is 12.2. The van der Waals surface area contributed by atoms with Crippen molar-refractivity contribution in [2.45, 2.75) is 31.8 Å². The van der Waals surface area contributed by atoms with Gasteiger partial charge in [0.05, 0.1) is 14.2 Å². The predicted molar refractivity (Wildman–Crippen MR) is 98.7 cm³/mol. The fourth-order valence-electron chi connectivity index (χ4n) is 3.65. The number of carbonyl (C=O) groups is 1. The van der Waals surface area contributed by atoms with Crippen molar-refractivity contribution in [2.24, 2.45) is 0 Å². The van der Waals surface area contributed by atoms with E-state index < -0.39 is 0 Å². The van der Waals surface area contributed by atoms with Crippen LogP contribution in [0.5, 0.6) is 5.75 Å². The maximum absolute atomic E-state index is 12.3. The molecular weight excluding hydrogens is 312 g/mol. The number of benzene rings is 2. The van der Waals surface area contributed by atoms with E-state index in [1.54, 1.807) is 7.11 Å². The van der Waals surface area contributed by atoms with E-state index in [2.05, 4.69) is 36.6 Å². The molecule has 2 aromatic rings. The molecule has 0 heterocycles. The summed E-state index contributed by atoms with van der Waals surface area (Å²) in [5.41, 5.74) is 3.93. The second-order valence-electron chi connectivity index (χ2n) is 6.79. The van der Waals surface area contributed by atoms with E-state index in [-0.39, 0.29) is 5.91 Å². The van der Waals surface area contributed by atoms with E-state index in [0.29, 0.717) is 19.1 Å². The molecule has 1 amide bonds. The highest BCUT2D eigenvalue weighted by Crippen LogP contribution is 2.27. The van der Waals surface area contributed by atoms with Crippen LogP contribution < -0.4 is 15.0 Å². The number of rotatable bonds is 6. The van der Waals surface area contributed by atoms with Crippen molar-refractivity contribution >= 4 is 5.91 Å². The first-order valence-electron chi connectivity index (χ1n) is 8.97. The summed E-state index contributed by atoms with van der Waals surface area (Å²) >= 11 is 0. The highest BCUT2D eigenvalue weighted by atomic mass is 16.5. The number of amides is 1. The van der Waals surface area contributed by atoms with Gasteiger partial charge >= 0.3 is 0 Å². The molecule has 0 saturated heterocycles. The zero-order valence-electron chi connectivity index (χ0n) is 15.0. The Labute approximate surface area is 149 Å². The third-order valence-electron chi connectivity index (χ3n) is 5.05. The summed E-state index contributed by atoms with van der Waals surface area (Å²) in [7, 11) is 3.78. The summed E-state index contributed by atoms with van der Waals surface area (Å²) < 4.78 is 5.15. The number of quaternary nitrogens is 1. The Kier molecular flexibility index (Phi) is 5.71. The summed E-state index contributed by atoms with van der Waals surface area (Å²) in [5.74, 6) is 0.923. The van der Waals surface area contributed by atoms with Gasteiger partial charge in [-0.2, -0.15) is 0 Å². The van der Waals surface area contributed by atoms with Crippen LogP contribution >= 0.6 is 0 Å². The van der Waals surface area contributed by atoms with Gasteiger partial charge in [0.1, 0.15) is 11.8 Å². The number of likely N-dealkylation sites (N-methyl/N-ethyl adjacent to an activating group) is 1. The van der Waals surface area contributed by atoms with Crippen LogP contribution in [0.4, 0.5) is 0 Å². The van der Waals surface area contributed by atoms with E-state index in [4.69, 9.17) is 4.74 Å². The lowest BCUT2D eigenvalue weighted by molar-refractivity contribution is -0.905. The molecule has 2 N–H and O–H groups in total. The number of aryl methyl sites for hydroxylation is 1. The summed E-state index contributed by atoms with van der Waals surface area (Å²) in [5, 5.41) is 3.03. The molecule has 0 bridgehead atoms. The van der Waals surface area contributed by atoms with Crippen LogP contribution in [0.3, 0.4) is 0 Å². The van der Waals surface area contributed by atoms with E-state index in [9.17, 15) is 4.79 Å². The van der Waals surface area contributed by atoms with Gasteiger partial charge in [-0.25, -0.2) is 0 Å². The molecule has 4 heteroatoms. The van der Waals surface area contributed by atoms with Gasteiger partial charge in [-0.1, -0.05) is 36.4 Å². The Hall–Kier alpha value is -2.33. The van der Waals surface area contributed by atoms with E-state index >= 15 is 0 Å². The van der Waals surface area contributed by atoms with Gasteiger partial charge in [0.2, 0.25) is 0 Å². The zero-order chi connectivity index (χ0) is 17.6. The maximum Gasteiger partial charge on any atom is 0.275 e. The molecule has 1 aliphatic rings. The maximum atomic E-state index is 12.3. The van der Waals surface area contributed by atoms with E-state index in [1.807, 2.05) is 24.3 Å². The van der Waals surface area contributed by atoms with Gasteiger partial charge < -0.3 is 15.0 Å². The van der Waals surface area contributed by atoms with E-state index in [0.717, 1.165) is 24.2 Å². The van der Waals surface area contributed by atoms with Crippen molar-refractivity contribution < 1.29 is 14.4 Å². The van der Waals surface area contributed by atoms with Crippen molar-refractivity contribution in [3.05, 3.63) is 65.2 Å². The van der Waals surface area contributed by atoms with Crippen LogP contribution in [-0.4, -0.2) is 26.6 Å². The molecule has 25 heavy (non-hydrogen) atoms. The number of methoxy groups -OCH3 is 1. The smallest absolute Gasteiger partial charge is 0.275 e. The second-order valence-corrected chi connectivity index (χ2v) is 6.79. The molecule has 1 aliphatic carbocycles. The molecular formula is C21H27N2O2+. The molecule has 4 nitrogen and oxygen atoms in total. The van der Waals surface area contributed by atoms with Gasteiger partial charge in [-0.3, -0.25) is 4.79 Å². The Morgan fingerprint density at radius 3 is 2.72 bits per heavy atom. The van der Waals surface area contributed by atoms with Crippen LogP contribution in [0.25, 0.3) is 0 Å². The average Bonchev–Trinajstić information content (AvgIpc) is 2.66. The predicted octanol–water partition coefficient (Wildman–Crippen LogP) is 1.90. The van der Waals surface area contributed by atoms with Crippen molar-refractivity contribution in [1.82, 2.24) is 5.32 Å². The lowest BCUT2D eigenvalue weighted by atomic mass is 9.87. The fraction of sp³-hybridized carbons (Fsp3) is 0.381. The molecule has 0 spiro atoms. The van der Waals surface area contributed by atoms with Gasteiger partial charge in [-0.05, 0) is 36.1 Å². The third-order valence-corrected chi connectivity index (χ3v) is 5.05. The molecule has 0 saturated carbocycles. The Balaban J connectivity index is 1.54. The van der Waals surface area contributed by atoms with Crippen LogP contribution in [0.2, 0.25) is 0 Å². The largest absolute Gasteiger partial charge is 0.497 e. The lowest BCUT2D eigenvalue weighted by Crippen LogP contribution is -3.10. The normalized spacial score (nSPS) is 17.4. The minimum atomic E-state index is 0.0939. The highest BCUT2D eigenvalue weighted by molar-refractivity contribution is 5.76. The number of nitrogens with one attached hydrogen (secondary N) is 2. The Bertz CT molecular complexity index is 712. The molecule has 3 rings (SSSR count). The summed E-state index contributed by atoms with van der Waals surface area (Å²) in [4.78, 5) is 13.6. The van der Waals surface area contributed by atoms with Gasteiger partial charge in [-0.15, -0.1) is 0 Å². The molecule has 1 unspecified atom stereocenters. The number of hydrogen-bond donors (Lipinski definition) is 2. The monoisotopic (exact) mass is 339 g/mol. The topological polar surface area (TPSA) is 42.8 Å². The first kappa shape index (κ1) is 17.5. The van der Waals surface area contributed by atoms with Crippen LogP contribution in [-0.2, 0) is 17.8 Å². The SMILES string of the molecule is COc1ccc(CNC(=O)C[NH+](C)[C@@H]2CCCc3ccccc32)cc1. The fourth-order valence-corrected chi connectivity index (χ4v) is 3.65. The Morgan fingerprint density at radius 1 is 1.20 bits per heavy atom. The van der Waals surface area contributed by atoms with Gasteiger partial charge in [0, 0.05) is 18.5 Å². The first-order valence-corrected chi connectivity index (χ1v) is 8.97. The lowest BCUT2D eigenvalue weighted by Gasteiger charge is -2.30. The number of ether oxygens (including phenoxy) is 1. The molecule has 132 valence electrons. The van der Waals surface area contributed by atoms with Crippen molar-refractivity contribution in [1.29, 1.82) is 0 Å². The Morgan fingerprint density at radius 2 is 1.96 bits per heavy atom. The number of fused-ring (bicyclic) bond motifs is 1. The minimum Gasteiger partial charge on any atom is -0.497 e. The molecule has 0 radical (unpaired) electrons. The third kappa shape index (κ3) is 4.40. The molecule has 0 aromatic heterocycles. The quantitative estimate of drug-likeness (QED) is 0.844. The molecule has 2 atom stereocenters.